The molecule has 10 aromatic rings. The van der Waals surface area contributed by atoms with Crippen LogP contribution in [-0.2, 0) is 15.5 Å². The third-order valence-electron chi connectivity index (χ3n) is 12.8. The molecule has 0 saturated carbocycles. The lowest BCUT2D eigenvalue weighted by Gasteiger charge is -2.31. The second-order valence-electron chi connectivity index (χ2n) is 16.4. The maximum Gasteiger partial charge on any atom is 0.534 e. The molecule has 320 valence electrons. The molecule has 0 N–H and O–H groups in total. The number of alkyl halides is 3. The molecule has 2 aliphatic rings. The molecule has 1 spiro atoms. The lowest BCUT2D eigenvalue weighted by atomic mass is 9.70. The standard InChI is InChI=1S/C56H35F3N2O3S2/c57-56(58,59)66(62,63)64-41-34-51(54-46-33-39(29-31-52(46)65-53(54)35-41)60(36-16-4-1-5-17-36)37-18-6-2-7-19-37)61(38-20-8-3-9-21-38)40-28-30-50-45(32-40)44-24-12-15-27-49(44)55(50)47-25-13-10-22-42(47)43-23-11-14-26-48(43)55/h1-35H. The van der Waals surface area contributed by atoms with E-state index < -0.39 is 26.8 Å². The van der Waals surface area contributed by atoms with Crippen molar-refractivity contribution in [2.75, 3.05) is 9.80 Å². The van der Waals surface area contributed by atoms with Crippen LogP contribution in [0.25, 0.3) is 42.4 Å². The highest BCUT2D eigenvalue weighted by Gasteiger charge is 2.52. The van der Waals surface area contributed by atoms with Crippen LogP contribution >= 0.6 is 11.3 Å². The number of para-hydroxylation sites is 3. The zero-order valence-electron chi connectivity index (χ0n) is 34.8. The largest absolute Gasteiger partial charge is 0.534 e. The van der Waals surface area contributed by atoms with Gasteiger partial charge in [0, 0.05) is 54.7 Å². The Balaban J connectivity index is 1.13. The first-order valence-corrected chi connectivity index (χ1v) is 23.5. The van der Waals surface area contributed by atoms with Gasteiger partial charge in [-0.1, -0.05) is 133 Å². The van der Waals surface area contributed by atoms with E-state index in [4.69, 9.17) is 4.18 Å². The van der Waals surface area contributed by atoms with E-state index in [1.807, 2.05) is 114 Å². The van der Waals surface area contributed by atoms with Crippen molar-refractivity contribution in [3.05, 3.63) is 235 Å². The van der Waals surface area contributed by atoms with E-state index in [2.05, 4.69) is 95.9 Å². The number of thiophene rings is 1. The topological polar surface area (TPSA) is 49.9 Å². The monoisotopic (exact) mass is 904 g/mol. The van der Waals surface area contributed by atoms with Crippen LogP contribution in [0.4, 0.5) is 47.3 Å². The molecule has 0 amide bonds. The highest BCUT2D eigenvalue weighted by Crippen LogP contribution is 2.63. The summed E-state index contributed by atoms with van der Waals surface area (Å²) in [5, 5.41) is 1.55. The van der Waals surface area contributed by atoms with E-state index in [1.165, 1.54) is 45.7 Å². The van der Waals surface area contributed by atoms with Crippen LogP contribution in [0.15, 0.2) is 212 Å². The molecule has 0 saturated heterocycles. The summed E-state index contributed by atoms with van der Waals surface area (Å²) in [7, 11) is -6.02. The van der Waals surface area contributed by atoms with Crippen molar-refractivity contribution in [3.8, 4) is 28.0 Å². The molecular formula is C56H35F3N2O3S2. The zero-order valence-corrected chi connectivity index (χ0v) is 36.4. The van der Waals surface area contributed by atoms with Crippen molar-refractivity contribution in [2.24, 2.45) is 0 Å². The van der Waals surface area contributed by atoms with Crippen LogP contribution in [0, 0.1) is 0 Å². The Morgan fingerprint density at radius 3 is 1.44 bits per heavy atom. The van der Waals surface area contributed by atoms with Crippen LogP contribution in [-0.4, -0.2) is 13.9 Å². The molecule has 2 aliphatic carbocycles. The fraction of sp³-hybridized carbons (Fsp3) is 0.0357. The number of fused-ring (bicyclic) bond motifs is 13. The molecule has 10 heteroatoms. The quantitative estimate of drug-likeness (QED) is 0.112. The molecule has 0 unspecified atom stereocenters. The highest BCUT2D eigenvalue weighted by molar-refractivity contribution is 7.88. The minimum Gasteiger partial charge on any atom is -0.376 e. The normalized spacial score (nSPS) is 13.3. The summed E-state index contributed by atoms with van der Waals surface area (Å²) in [6, 6.07) is 70.5. The molecule has 12 rings (SSSR count). The second kappa shape index (κ2) is 14.9. The Labute approximate surface area is 383 Å². The van der Waals surface area contributed by atoms with E-state index in [-0.39, 0.29) is 0 Å². The smallest absolute Gasteiger partial charge is 0.376 e. The van der Waals surface area contributed by atoms with Gasteiger partial charge in [-0.3, -0.25) is 0 Å². The van der Waals surface area contributed by atoms with Gasteiger partial charge in [-0.15, -0.1) is 11.3 Å². The van der Waals surface area contributed by atoms with Crippen molar-refractivity contribution < 1.29 is 25.8 Å². The van der Waals surface area contributed by atoms with Crippen molar-refractivity contribution in [1.29, 1.82) is 0 Å². The van der Waals surface area contributed by atoms with Gasteiger partial charge < -0.3 is 14.0 Å². The number of nitrogens with zero attached hydrogens (tertiary/aromatic N) is 2. The van der Waals surface area contributed by atoms with Gasteiger partial charge in [-0.25, -0.2) is 0 Å². The van der Waals surface area contributed by atoms with Gasteiger partial charge >= 0.3 is 15.6 Å². The van der Waals surface area contributed by atoms with E-state index in [9.17, 15) is 21.6 Å². The third-order valence-corrected chi connectivity index (χ3v) is 14.9. The van der Waals surface area contributed by atoms with Crippen molar-refractivity contribution in [3.63, 3.8) is 0 Å². The average Bonchev–Trinajstić information content (AvgIpc) is 3.96. The molecule has 0 aliphatic heterocycles. The van der Waals surface area contributed by atoms with Gasteiger partial charge in [0.1, 0.15) is 5.75 Å². The van der Waals surface area contributed by atoms with Crippen LogP contribution in [0.1, 0.15) is 22.3 Å². The molecule has 0 atom stereocenters. The molecule has 0 radical (unpaired) electrons. The van der Waals surface area contributed by atoms with Gasteiger partial charge in [0.2, 0.25) is 0 Å². The molecular weight excluding hydrogens is 870 g/mol. The van der Waals surface area contributed by atoms with Crippen LogP contribution in [0.2, 0.25) is 0 Å². The molecule has 1 aromatic heterocycles. The fourth-order valence-electron chi connectivity index (χ4n) is 10.2. The number of benzene rings is 9. The minimum atomic E-state index is -6.02. The Morgan fingerprint density at radius 1 is 0.439 bits per heavy atom. The molecule has 0 fully saturated rings. The average molecular weight is 905 g/mol. The molecule has 9 aromatic carbocycles. The Hall–Kier alpha value is -7.66. The van der Waals surface area contributed by atoms with E-state index in [0.29, 0.717) is 21.8 Å². The van der Waals surface area contributed by atoms with Gasteiger partial charge in [-0.2, -0.15) is 21.6 Å². The van der Waals surface area contributed by atoms with Crippen molar-refractivity contribution >= 4 is 75.8 Å². The van der Waals surface area contributed by atoms with Gasteiger partial charge in [-0.05, 0) is 117 Å². The summed E-state index contributed by atoms with van der Waals surface area (Å²) >= 11 is 1.35. The maximum atomic E-state index is 14.0. The third kappa shape index (κ3) is 6.02. The van der Waals surface area contributed by atoms with Gasteiger partial charge in [0.05, 0.1) is 11.1 Å². The van der Waals surface area contributed by atoms with Crippen LogP contribution < -0.4 is 14.0 Å². The number of anilines is 6. The van der Waals surface area contributed by atoms with Crippen LogP contribution in [0.3, 0.4) is 0 Å². The Morgan fingerprint density at radius 2 is 0.894 bits per heavy atom. The van der Waals surface area contributed by atoms with Gasteiger partial charge in [0.25, 0.3) is 0 Å². The highest BCUT2D eigenvalue weighted by atomic mass is 32.2. The predicted octanol–water partition coefficient (Wildman–Crippen LogP) is 15.6. The van der Waals surface area contributed by atoms with E-state index >= 15 is 0 Å². The SMILES string of the molecule is O=S(=O)(Oc1cc(N(c2ccccc2)c2ccc3c(c2)-c2ccccc2C32c3ccccc3-c3ccccc32)c2c(c1)sc1ccc(N(c3ccccc3)c3ccccc3)cc12)C(F)(F)F. The van der Waals surface area contributed by atoms with Crippen molar-refractivity contribution in [2.45, 2.75) is 10.9 Å². The summed E-state index contributed by atoms with van der Waals surface area (Å²) in [6.07, 6.45) is 0. The summed E-state index contributed by atoms with van der Waals surface area (Å²) in [4.78, 5) is 4.14. The number of halogens is 3. The zero-order chi connectivity index (χ0) is 44.8. The molecule has 66 heavy (non-hydrogen) atoms. The molecule has 0 bridgehead atoms. The Kier molecular flexibility index (Phi) is 9.04. The number of rotatable bonds is 8. The lowest BCUT2D eigenvalue weighted by molar-refractivity contribution is -0.0500. The first kappa shape index (κ1) is 39.9. The van der Waals surface area contributed by atoms with Gasteiger partial charge in [0.15, 0.2) is 0 Å². The fourth-order valence-corrected chi connectivity index (χ4v) is 11.8. The lowest BCUT2D eigenvalue weighted by Crippen LogP contribution is -2.28. The summed E-state index contributed by atoms with van der Waals surface area (Å²) in [6.45, 7) is 0. The molecule has 1 heterocycles. The second-order valence-corrected chi connectivity index (χ2v) is 19.0. The minimum absolute atomic E-state index is 0.443. The summed E-state index contributed by atoms with van der Waals surface area (Å²) in [5.74, 6) is -0.456. The van der Waals surface area contributed by atoms with Crippen molar-refractivity contribution in [1.82, 2.24) is 0 Å². The predicted molar refractivity (Wildman–Crippen MR) is 261 cm³/mol. The summed E-state index contributed by atoms with van der Waals surface area (Å²) in [5.41, 5.74) is 7.47. The Bertz CT molecular complexity index is 3570. The first-order valence-electron chi connectivity index (χ1n) is 21.3. The van der Waals surface area contributed by atoms with Crippen LogP contribution in [0.5, 0.6) is 5.75 Å². The molecule has 5 nitrogen and oxygen atoms in total. The first-order chi connectivity index (χ1) is 32.1. The number of hydrogen-bond acceptors (Lipinski definition) is 6. The summed E-state index contributed by atoms with van der Waals surface area (Å²) < 4.78 is 73.9. The number of hydrogen-bond donors (Lipinski definition) is 0. The van der Waals surface area contributed by atoms with E-state index in [1.54, 1.807) is 0 Å². The van der Waals surface area contributed by atoms with E-state index in [0.717, 1.165) is 54.8 Å². The maximum absolute atomic E-state index is 14.0.